The molecule has 2 unspecified atom stereocenters. The Bertz CT molecular complexity index is 576. The van der Waals surface area contributed by atoms with E-state index in [1.807, 2.05) is 18.4 Å². The second-order valence-electron chi connectivity index (χ2n) is 5.50. The first-order valence-corrected chi connectivity index (χ1v) is 10.2. The van der Waals surface area contributed by atoms with Gasteiger partial charge in [-0.1, -0.05) is 35.3 Å². The first-order chi connectivity index (χ1) is 12.4. The molecule has 0 radical (unpaired) electrons. The van der Waals surface area contributed by atoms with Crippen LogP contribution in [0, 0.1) is 0 Å². The highest BCUT2D eigenvalue weighted by atomic mass is 35.5. The fourth-order valence-corrected chi connectivity index (χ4v) is 2.77. The third-order valence-corrected chi connectivity index (χ3v) is 4.74. The predicted molar refractivity (Wildman–Crippen MR) is 103 cm³/mol. The van der Waals surface area contributed by atoms with Crippen molar-refractivity contribution in [2.45, 2.75) is 41.1 Å². The highest BCUT2D eigenvalue weighted by molar-refractivity contribution is 7.98. The van der Waals surface area contributed by atoms with Gasteiger partial charge in [0.1, 0.15) is 12.8 Å². The second-order valence-corrected chi connectivity index (χ2v) is 7.48. The summed E-state index contributed by atoms with van der Waals surface area (Å²) in [6, 6.07) is 6.03. The zero-order valence-corrected chi connectivity index (χ0v) is 16.7. The molecule has 0 bridgehead atoms. The molecule has 0 aliphatic rings. The van der Waals surface area contributed by atoms with Gasteiger partial charge < -0.3 is 15.8 Å². The number of alkyl halides is 3. The summed E-state index contributed by atoms with van der Waals surface area (Å²) < 4.78 is 19.1. The van der Waals surface area contributed by atoms with E-state index in [4.69, 9.17) is 33.7 Å². The molecule has 26 heavy (non-hydrogen) atoms. The van der Waals surface area contributed by atoms with Gasteiger partial charge in [-0.05, 0) is 43.3 Å². The zero-order valence-electron chi connectivity index (χ0n) is 14.4. The fraction of sp³-hybridized carbons (Fsp3) is 0.529. The van der Waals surface area contributed by atoms with Gasteiger partial charge in [-0.2, -0.15) is 0 Å². The van der Waals surface area contributed by atoms with Crippen LogP contribution in [0.1, 0.15) is 30.9 Å². The van der Waals surface area contributed by atoms with Crippen molar-refractivity contribution in [3.8, 4) is 0 Å². The summed E-state index contributed by atoms with van der Waals surface area (Å²) in [7, 11) is 0. The number of unbranched alkanes of at least 4 members (excludes halogenated alkanes) is 1. The van der Waals surface area contributed by atoms with E-state index in [-0.39, 0.29) is 6.42 Å². The Morgan fingerprint density at radius 1 is 1.27 bits per heavy atom. The summed E-state index contributed by atoms with van der Waals surface area (Å²) in [5, 5.41) is 2.39. The van der Waals surface area contributed by atoms with Crippen molar-refractivity contribution in [1.82, 2.24) is 5.32 Å². The predicted octanol–water partition coefficient (Wildman–Crippen LogP) is 3.38. The van der Waals surface area contributed by atoms with Crippen LogP contribution in [0.3, 0.4) is 0 Å². The summed E-state index contributed by atoms with van der Waals surface area (Å²) in [4.78, 5) is 23.5. The lowest BCUT2D eigenvalue weighted by Crippen LogP contribution is -2.44. The number of nitrogens with two attached hydrogens (primary N) is 1. The van der Waals surface area contributed by atoms with Crippen molar-refractivity contribution >= 4 is 46.8 Å². The van der Waals surface area contributed by atoms with Crippen LogP contribution < -0.4 is 11.1 Å². The van der Waals surface area contributed by atoms with Crippen molar-refractivity contribution in [2.75, 3.05) is 19.5 Å². The normalized spacial score (nSPS) is 13.3. The van der Waals surface area contributed by atoms with Crippen LogP contribution in [0.15, 0.2) is 29.2 Å². The molecule has 1 aromatic rings. The molecule has 1 aromatic carbocycles. The third kappa shape index (κ3) is 7.70. The molecule has 3 N–H and O–H groups in total. The van der Waals surface area contributed by atoms with Gasteiger partial charge in [0.05, 0.1) is 6.04 Å². The van der Waals surface area contributed by atoms with Crippen LogP contribution in [-0.2, 0) is 14.3 Å². The monoisotopic (exact) mass is 424 g/mol. The molecule has 0 saturated carbocycles. The minimum atomic E-state index is -1.34. The van der Waals surface area contributed by atoms with Gasteiger partial charge >= 0.3 is 5.97 Å². The maximum atomic E-state index is 13.6. The molecule has 5 nitrogen and oxygen atoms in total. The highest BCUT2D eigenvalue weighted by Crippen LogP contribution is 2.26. The van der Waals surface area contributed by atoms with Crippen LogP contribution in [0.4, 0.5) is 4.39 Å². The maximum absolute atomic E-state index is 13.6. The van der Waals surface area contributed by atoms with E-state index in [0.717, 1.165) is 4.90 Å². The molecule has 0 aromatic heterocycles. The van der Waals surface area contributed by atoms with E-state index in [1.54, 1.807) is 23.9 Å². The molecular weight excluding hydrogens is 402 g/mol. The Hall–Kier alpha value is -1.02. The Morgan fingerprint density at radius 2 is 1.92 bits per heavy atom. The zero-order chi connectivity index (χ0) is 19.5. The van der Waals surface area contributed by atoms with E-state index < -0.39 is 35.5 Å². The maximum Gasteiger partial charge on any atom is 0.306 e. The van der Waals surface area contributed by atoms with Crippen molar-refractivity contribution in [3.63, 3.8) is 0 Å². The summed E-state index contributed by atoms with van der Waals surface area (Å²) in [5.74, 6) is -1.24. The molecule has 9 heteroatoms. The molecule has 0 spiro atoms. The molecule has 146 valence electrons. The molecule has 1 amide bonds. The number of benzene rings is 1. The van der Waals surface area contributed by atoms with Gasteiger partial charge in [0.2, 0.25) is 0 Å². The second kappa shape index (κ2) is 12.4. The lowest BCUT2D eigenvalue weighted by atomic mass is 10.0. The van der Waals surface area contributed by atoms with Crippen LogP contribution in [0.5, 0.6) is 0 Å². The molecule has 0 fully saturated rings. The molecule has 1 rings (SSSR count). The SMILES string of the molecule is CSc1ccc(C(OC(=O)CCCCN)C(CF)NC(=O)C(Cl)Cl)cc1. The summed E-state index contributed by atoms with van der Waals surface area (Å²) >= 11 is 12.6. The van der Waals surface area contributed by atoms with Crippen LogP contribution in [-0.4, -0.2) is 42.2 Å². The Balaban J connectivity index is 2.97. The third-order valence-electron chi connectivity index (χ3n) is 3.60. The number of carbonyl (C=O) groups excluding carboxylic acids is 2. The van der Waals surface area contributed by atoms with Gasteiger partial charge in [0.25, 0.3) is 5.91 Å². The molecule has 2 atom stereocenters. The standard InChI is InChI=1S/C17H23Cl2FN2O3S/c1-26-12-7-5-11(6-8-12)15(25-14(23)4-2-3-9-21)13(10-20)22-17(24)16(18)19/h5-8,13,15-16H,2-4,9-10,21H2,1H3,(H,22,24). The number of esters is 1. The number of thioether (sulfide) groups is 1. The molecule has 0 heterocycles. The lowest BCUT2D eigenvalue weighted by Gasteiger charge is -2.26. The van der Waals surface area contributed by atoms with Gasteiger partial charge in [-0.25, -0.2) is 4.39 Å². The van der Waals surface area contributed by atoms with Gasteiger partial charge in [-0.15, -0.1) is 11.8 Å². The number of ether oxygens (including phenoxy) is 1. The topological polar surface area (TPSA) is 81.4 Å². The van der Waals surface area contributed by atoms with Gasteiger partial charge in [0, 0.05) is 11.3 Å². The van der Waals surface area contributed by atoms with Crippen molar-refractivity contribution in [2.24, 2.45) is 5.73 Å². The number of carbonyl (C=O) groups is 2. The van der Waals surface area contributed by atoms with Crippen molar-refractivity contribution in [1.29, 1.82) is 0 Å². The van der Waals surface area contributed by atoms with E-state index in [2.05, 4.69) is 5.32 Å². The van der Waals surface area contributed by atoms with Crippen LogP contribution in [0.2, 0.25) is 0 Å². The van der Waals surface area contributed by atoms with E-state index in [9.17, 15) is 14.0 Å². The first-order valence-electron chi connectivity index (χ1n) is 8.10. The fourth-order valence-electron chi connectivity index (χ4n) is 2.23. The summed E-state index contributed by atoms with van der Waals surface area (Å²) in [5.41, 5.74) is 5.98. The Morgan fingerprint density at radius 3 is 2.42 bits per heavy atom. The minimum Gasteiger partial charge on any atom is -0.455 e. The molecule has 0 aliphatic heterocycles. The van der Waals surface area contributed by atoms with Crippen molar-refractivity contribution in [3.05, 3.63) is 29.8 Å². The average molecular weight is 425 g/mol. The first kappa shape index (κ1) is 23.0. The van der Waals surface area contributed by atoms with E-state index >= 15 is 0 Å². The van der Waals surface area contributed by atoms with Gasteiger partial charge in [0.15, 0.2) is 4.84 Å². The number of amides is 1. The molecular formula is C17H23Cl2FN2O3S. The van der Waals surface area contributed by atoms with E-state index in [0.29, 0.717) is 24.9 Å². The summed E-state index contributed by atoms with van der Waals surface area (Å²) in [6.45, 7) is -0.472. The highest BCUT2D eigenvalue weighted by Gasteiger charge is 2.30. The number of hydrogen-bond acceptors (Lipinski definition) is 5. The number of nitrogens with one attached hydrogen (secondary N) is 1. The number of hydrogen-bond donors (Lipinski definition) is 2. The van der Waals surface area contributed by atoms with Gasteiger partial charge in [-0.3, -0.25) is 9.59 Å². The van der Waals surface area contributed by atoms with Crippen molar-refractivity contribution < 1.29 is 18.7 Å². The minimum absolute atomic E-state index is 0.164. The number of rotatable bonds is 11. The Kier molecular flexibility index (Phi) is 11.0. The van der Waals surface area contributed by atoms with E-state index in [1.165, 1.54) is 0 Å². The van der Waals surface area contributed by atoms with Crippen LogP contribution >= 0.6 is 35.0 Å². The lowest BCUT2D eigenvalue weighted by molar-refractivity contribution is -0.152. The molecule has 0 aliphatic carbocycles. The smallest absolute Gasteiger partial charge is 0.306 e. The Labute approximate surface area is 167 Å². The quantitative estimate of drug-likeness (QED) is 0.246. The molecule has 0 saturated heterocycles. The van der Waals surface area contributed by atoms with Crippen LogP contribution in [0.25, 0.3) is 0 Å². The largest absolute Gasteiger partial charge is 0.455 e. The average Bonchev–Trinajstić information content (AvgIpc) is 2.64. The number of halogens is 3. The summed E-state index contributed by atoms with van der Waals surface area (Å²) in [6.07, 6.45) is 2.36.